The summed E-state index contributed by atoms with van der Waals surface area (Å²) >= 11 is 3.00. The molecule has 0 spiro atoms. The van der Waals surface area contributed by atoms with Crippen molar-refractivity contribution in [2.75, 3.05) is 24.8 Å². The summed E-state index contributed by atoms with van der Waals surface area (Å²) in [4.78, 5) is 17.8. The van der Waals surface area contributed by atoms with E-state index in [0.29, 0.717) is 42.6 Å². The highest BCUT2D eigenvalue weighted by Gasteiger charge is 2.35. The number of hydrogen-bond donors (Lipinski definition) is 1. The average Bonchev–Trinajstić information content (AvgIpc) is 3.86. The normalized spacial score (nSPS) is 15.6. The SMILES string of the molecule is CCCCCCOc1ccc(C2CC(c3sc(C=C(C#N)C(=O)O)c4c3OCCO4)=NN2c2ccc(-c3nc4ccc(C)cc4s3)cc2)cc1. The van der Waals surface area contributed by atoms with E-state index >= 15 is 0 Å². The second-order valence-corrected chi connectivity index (χ2v) is 14.3. The summed E-state index contributed by atoms with van der Waals surface area (Å²) in [6, 6.07) is 24.5. The maximum Gasteiger partial charge on any atom is 0.346 e. The van der Waals surface area contributed by atoms with Crippen LogP contribution >= 0.6 is 22.7 Å². The molecule has 0 bridgehead atoms. The van der Waals surface area contributed by atoms with Crippen molar-refractivity contribution in [2.45, 2.75) is 52.0 Å². The number of hydrazone groups is 1. The first-order valence-electron chi connectivity index (χ1n) is 16.8. The van der Waals surface area contributed by atoms with Crippen LogP contribution in [0.5, 0.6) is 17.2 Å². The Balaban J connectivity index is 1.22. The number of fused-ring (bicyclic) bond motifs is 2. The molecule has 2 aliphatic heterocycles. The van der Waals surface area contributed by atoms with Gasteiger partial charge in [0.15, 0.2) is 11.5 Å². The van der Waals surface area contributed by atoms with Crippen LogP contribution in [0.1, 0.15) is 66.0 Å². The molecule has 0 fully saturated rings. The van der Waals surface area contributed by atoms with Crippen molar-refractivity contribution in [2.24, 2.45) is 5.10 Å². The molecule has 0 radical (unpaired) electrons. The highest BCUT2D eigenvalue weighted by Crippen LogP contribution is 2.48. The lowest BCUT2D eigenvalue weighted by molar-refractivity contribution is -0.132. The molecule has 3 aromatic carbocycles. The van der Waals surface area contributed by atoms with Crippen LogP contribution in [-0.4, -0.2) is 41.6 Å². The molecule has 0 saturated carbocycles. The van der Waals surface area contributed by atoms with E-state index in [4.69, 9.17) is 24.3 Å². The van der Waals surface area contributed by atoms with Crippen LogP contribution in [0, 0.1) is 18.3 Å². The van der Waals surface area contributed by atoms with Gasteiger partial charge in [-0.2, -0.15) is 10.4 Å². The standard InChI is InChI=1S/C39H36N4O5S2/c1-3-4-5-6-17-46-29-14-10-25(11-15-29)32-22-31(37-36-35(47-18-19-48-36)34(49-37)21-27(23-40)39(44)45)42-43(32)28-12-8-26(9-13-28)38-41-30-16-7-24(2)20-33(30)50-38/h7-16,20-21,32H,3-6,17-19,22H2,1-2H3,(H,44,45). The second kappa shape index (κ2) is 14.7. The minimum atomic E-state index is -1.30. The third kappa shape index (κ3) is 6.95. The van der Waals surface area contributed by atoms with Gasteiger partial charge in [-0.15, -0.1) is 22.7 Å². The Morgan fingerprint density at radius 3 is 2.56 bits per heavy atom. The van der Waals surface area contributed by atoms with Gasteiger partial charge < -0.3 is 19.3 Å². The van der Waals surface area contributed by atoms with Crippen molar-refractivity contribution in [3.63, 3.8) is 0 Å². The number of nitrogens with zero attached hydrogens (tertiary/aromatic N) is 4. The van der Waals surface area contributed by atoms with Crippen molar-refractivity contribution in [1.82, 2.24) is 4.98 Å². The van der Waals surface area contributed by atoms with Crippen LogP contribution in [0.3, 0.4) is 0 Å². The number of aryl methyl sites for hydroxylation is 1. The van der Waals surface area contributed by atoms with Crippen LogP contribution in [0.15, 0.2) is 77.4 Å². The highest BCUT2D eigenvalue weighted by molar-refractivity contribution is 7.21. The van der Waals surface area contributed by atoms with Gasteiger partial charge in [0.2, 0.25) is 0 Å². The number of rotatable bonds is 12. The Labute approximate surface area is 298 Å². The lowest BCUT2D eigenvalue weighted by Gasteiger charge is -2.24. The number of anilines is 1. The molecule has 0 aliphatic carbocycles. The van der Waals surface area contributed by atoms with Crippen LogP contribution in [0.4, 0.5) is 5.69 Å². The number of thiazole rings is 1. The molecule has 1 atom stereocenters. The van der Waals surface area contributed by atoms with E-state index in [9.17, 15) is 15.2 Å². The summed E-state index contributed by atoms with van der Waals surface area (Å²) in [5.41, 5.74) is 5.65. The van der Waals surface area contributed by atoms with E-state index in [-0.39, 0.29) is 11.6 Å². The van der Waals surface area contributed by atoms with Gasteiger partial charge in [-0.3, -0.25) is 5.01 Å². The van der Waals surface area contributed by atoms with Crippen LogP contribution < -0.4 is 19.2 Å². The van der Waals surface area contributed by atoms with E-state index in [2.05, 4.69) is 68.4 Å². The molecular formula is C39H36N4O5S2. The van der Waals surface area contributed by atoms with Crippen LogP contribution in [-0.2, 0) is 4.79 Å². The summed E-state index contributed by atoms with van der Waals surface area (Å²) in [5, 5.41) is 27.1. The number of benzene rings is 3. The van der Waals surface area contributed by atoms with Crippen molar-refractivity contribution in [3.8, 4) is 33.9 Å². The average molecular weight is 705 g/mol. The van der Waals surface area contributed by atoms with E-state index in [1.807, 2.05) is 17.1 Å². The first kappa shape index (κ1) is 33.3. The monoisotopic (exact) mass is 704 g/mol. The fourth-order valence-electron chi connectivity index (χ4n) is 6.09. The summed E-state index contributed by atoms with van der Waals surface area (Å²) in [7, 11) is 0. The molecule has 0 saturated heterocycles. The molecule has 5 aromatic rings. The number of aromatic nitrogens is 1. The zero-order valence-corrected chi connectivity index (χ0v) is 29.5. The quantitative estimate of drug-likeness (QED) is 0.0776. The zero-order chi connectivity index (χ0) is 34.6. The van der Waals surface area contributed by atoms with Crippen LogP contribution in [0.25, 0.3) is 26.9 Å². The molecule has 4 heterocycles. The Hall–Kier alpha value is -5.18. The van der Waals surface area contributed by atoms with Crippen molar-refractivity contribution in [1.29, 1.82) is 5.26 Å². The summed E-state index contributed by atoms with van der Waals surface area (Å²) in [6.07, 6.45) is 6.51. The van der Waals surface area contributed by atoms with Crippen molar-refractivity contribution in [3.05, 3.63) is 93.2 Å². The topological polar surface area (TPSA) is 117 Å². The number of unbranched alkanes of at least 4 members (excludes halogenated alkanes) is 3. The molecule has 9 nitrogen and oxygen atoms in total. The molecule has 1 N–H and O–H groups in total. The number of carboxylic acids is 1. The molecule has 0 amide bonds. The van der Waals surface area contributed by atoms with Gasteiger partial charge in [0.1, 0.15) is 35.6 Å². The number of carbonyl (C=O) groups is 1. The number of carboxylic acid groups (broad SMARTS) is 1. The fourth-order valence-corrected chi connectivity index (χ4v) is 8.29. The number of ether oxygens (including phenoxy) is 3. The lowest BCUT2D eigenvalue weighted by Crippen LogP contribution is -2.18. The Morgan fingerprint density at radius 2 is 1.82 bits per heavy atom. The Morgan fingerprint density at radius 1 is 1.04 bits per heavy atom. The van der Waals surface area contributed by atoms with Crippen LogP contribution in [0.2, 0.25) is 0 Å². The predicted molar refractivity (Wildman–Crippen MR) is 199 cm³/mol. The minimum Gasteiger partial charge on any atom is -0.494 e. The van der Waals surface area contributed by atoms with Crippen molar-refractivity contribution < 1.29 is 24.1 Å². The number of aliphatic carboxylic acids is 1. The van der Waals surface area contributed by atoms with Gasteiger partial charge in [0, 0.05) is 12.0 Å². The lowest BCUT2D eigenvalue weighted by atomic mass is 10.00. The Bertz CT molecular complexity index is 2130. The first-order valence-corrected chi connectivity index (χ1v) is 18.4. The van der Waals surface area contributed by atoms with Gasteiger partial charge in [0.05, 0.1) is 44.0 Å². The maximum atomic E-state index is 11.7. The maximum absolute atomic E-state index is 11.7. The van der Waals surface area contributed by atoms with Gasteiger partial charge in [-0.05, 0) is 79.1 Å². The van der Waals surface area contributed by atoms with E-state index < -0.39 is 5.97 Å². The molecule has 50 heavy (non-hydrogen) atoms. The third-order valence-corrected chi connectivity index (χ3v) is 10.9. The summed E-state index contributed by atoms with van der Waals surface area (Å²) < 4.78 is 19.2. The minimum absolute atomic E-state index is 0.130. The zero-order valence-electron chi connectivity index (χ0n) is 27.8. The van der Waals surface area contributed by atoms with E-state index in [1.54, 1.807) is 17.4 Å². The third-order valence-electron chi connectivity index (χ3n) is 8.68. The van der Waals surface area contributed by atoms with E-state index in [1.165, 1.54) is 35.8 Å². The fraction of sp³-hybridized carbons (Fsp3) is 0.282. The number of nitriles is 1. The highest BCUT2D eigenvalue weighted by atomic mass is 32.1. The molecular weight excluding hydrogens is 669 g/mol. The van der Waals surface area contributed by atoms with E-state index in [0.717, 1.165) is 61.2 Å². The van der Waals surface area contributed by atoms with Gasteiger partial charge in [-0.25, -0.2) is 9.78 Å². The molecule has 1 unspecified atom stereocenters. The number of thiophene rings is 1. The largest absolute Gasteiger partial charge is 0.494 e. The second-order valence-electron chi connectivity index (χ2n) is 12.3. The van der Waals surface area contributed by atoms with Gasteiger partial charge in [-0.1, -0.05) is 44.4 Å². The molecule has 254 valence electrons. The summed E-state index contributed by atoms with van der Waals surface area (Å²) in [6.45, 7) is 5.67. The van der Waals surface area contributed by atoms with Gasteiger partial charge >= 0.3 is 5.97 Å². The number of hydrogen-bond acceptors (Lipinski definition) is 10. The molecule has 2 aromatic heterocycles. The smallest absolute Gasteiger partial charge is 0.346 e. The predicted octanol–water partition coefficient (Wildman–Crippen LogP) is 9.41. The molecule has 11 heteroatoms. The molecule has 7 rings (SSSR count). The first-order chi connectivity index (χ1) is 24.4. The van der Waals surface area contributed by atoms with Gasteiger partial charge in [0.25, 0.3) is 0 Å². The van der Waals surface area contributed by atoms with Crippen molar-refractivity contribution >= 4 is 56.3 Å². The Kier molecular flexibility index (Phi) is 9.83. The summed E-state index contributed by atoms with van der Waals surface area (Å²) in [5.74, 6) is 0.518. The molecule has 2 aliphatic rings.